The standard InChI is InChI=1S/C15H26N2O4.ClH/c1-5-8(3)21-14-10(6-2)11(15(19)20)7-12(16)13(14)17-9(4)18;/h8,12-14H,5-7,16H2,1-4H3,(H,17,18)(H,19,20);1H/p-1/t8?,12-,13+,14+;/m0./s1. The number of nitrogens with one attached hydrogen (secondary N) is 1. The van der Waals surface area contributed by atoms with Crippen molar-refractivity contribution in [2.24, 2.45) is 5.73 Å². The Bertz CT molecular complexity index is 439. The SMILES string of the molecule is CCC1=C(C(=O)[O-])C[C@H](N)[C@@H](NC(C)=O)[C@@H]1OC(C)CC.Cl. The van der Waals surface area contributed by atoms with Gasteiger partial charge in [-0.15, -0.1) is 12.4 Å². The molecule has 0 heterocycles. The number of carboxylic acid groups (broad SMARTS) is 1. The molecule has 1 aliphatic carbocycles. The molecule has 0 aromatic heterocycles. The molecule has 6 nitrogen and oxygen atoms in total. The summed E-state index contributed by atoms with van der Waals surface area (Å²) in [6, 6.07) is -0.930. The molecular formula is C15H26ClN2O4-. The number of halogens is 1. The molecule has 1 unspecified atom stereocenters. The molecule has 0 radical (unpaired) electrons. The molecule has 0 aliphatic heterocycles. The minimum Gasteiger partial charge on any atom is -0.545 e. The van der Waals surface area contributed by atoms with Crippen LogP contribution in [-0.4, -0.2) is 36.2 Å². The summed E-state index contributed by atoms with van der Waals surface area (Å²) in [4.78, 5) is 22.7. The van der Waals surface area contributed by atoms with Crippen molar-refractivity contribution in [3.63, 3.8) is 0 Å². The van der Waals surface area contributed by atoms with Gasteiger partial charge in [-0.25, -0.2) is 0 Å². The molecule has 128 valence electrons. The Balaban J connectivity index is 0.00000441. The summed E-state index contributed by atoms with van der Waals surface area (Å²) < 4.78 is 5.96. The van der Waals surface area contributed by atoms with E-state index in [0.29, 0.717) is 12.0 Å². The van der Waals surface area contributed by atoms with Crippen LogP contribution < -0.4 is 16.2 Å². The predicted molar refractivity (Wildman–Crippen MR) is 84.4 cm³/mol. The van der Waals surface area contributed by atoms with E-state index in [4.69, 9.17) is 10.5 Å². The van der Waals surface area contributed by atoms with E-state index in [0.717, 1.165) is 6.42 Å². The van der Waals surface area contributed by atoms with E-state index in [1.807, 2.05) is 20.8 Å². The maximum absolute atomic E-state index is 11.4. The highest BCUT2D eigenvalue weighted by Crippen LogP contribution is 2.30. The molecule has 1 rings (SSSR count). The second-order valence-electron chi connectivity index (χ2n) is 5.51. The van der Waals surface area contributed by atoms with Gasteiger partial charge in [0.05, 0.1) is 18.1 Å². The molecule has 0 bridgehead atoms. The number of nitrogens with two attached hydrogens (primary N) is 1. The summed E-state index contributed by atoms with van der Waals surface area (Å²) in [6.45, 7) is 7.18. The van der Waals surface area contributed by atoms with Crippen LogP contribution in [0.1, 0.15) is 47.0 Å². The van der Waals surface area contributed by atoms with Crippen LogP contribution >= 0.6 is 12.4 Å². The zero-order valence-electron chi connectivity index (χ0n) is 13.5. The quantitative estimate of drug-likeness (QED) is 0.726. The van der Waals surface area contributed by atoms with Crippen LogP contribution in [0.5, 0.6) is 0 Å². The molecule has 0 fully saturated rings. The van der Waals surface area contributed by atoms with E-state index in [9.17, 15) is 14.7 Å². The average molecular weight is 334 g/mol. The number of ether oxygens (including phenoxy) is 1. The largest absolute Gasteiger partial charge is 0.545 e. The molecular weight excluding hydrogens is 308 g/mol. The minimum absolute atomic E-state index is 0. The highest BCUT2D eigenvalue weighted by atomic mass is 35.5. The summed E-state index contributed by atoms with van der Waals surface area (Å²) in [5.74, 6) is -1.41. The van der Waals surface area contributed by atoms with Crippen molar-refractivity contribution >= 4 is 24.3 Å². The van der Waals surface area contributed by atoms with Crippen molar-refractivity contribution in [1.29, 1.82) is 0 Å². The van der Waals surface area contributed by atoms with Crippen molar-refractivity contribution in [3.05, 3.63) is 11.1 Å². The second-order valence-corrected chi connectivity index (χ2v) is 5.51. The Hall–Kier alpha value is -1.11. The number of rotatable bonds is 6. The Morgan fingerprint density at radius 3 is 2.45 bits per heavy atom. The van der Waals surface area contributed by atoms with E-state index in [2.05, 4.69) is 5.32 Å². The maximum atomic E-state index is 11.4. The lowest BCUT2D eigenvalue weighted by atomic mass is 9.81. The van der Waals surface area contributed by atoms with Crippen molar-refractivity contribution in [3.8, 4) is 0 Å². The minimum atomic E-state index is -1.21. The van der Waals surface area contributed by atoms with Crippen molar-refractivity contribution in [1.82, 2.24) is 5.32 Å². The number of hydrogen-bond acceptors (Lipinski definition) is 5. The fourth-order valence-electron chi connectivity index (χ4n) is 2.67. The summed E-state index contributed by atoms with van der Waals surface area (Å²) in [5.41, 5.74) is 6.93. The number of carbonyl (C=O) groups is 2. The monoisotopic (exact) mass is 333 g/mol. The number of amides is 1. The van der Waals surface area contributed by atoms with Gasteiger partial charge in [-0.2, -0.15) is 0 Å². The molecule has 1 aliphatic rings. The molecule has 0 spiro atoms. The van der Waals surface area contributed by atoms with Crippen LogP contribution in [-0.2, 0) is 14.3 Å². The summed E-state index contributed by atoms with van der Waals surface area (Å²) >= 11 is 0. The topological polar surface area (TPSA) is 104 Å². The first-order valence-corrected chi connectivity index (χ1v) is 7.43. The maximum Gasteiger partial charge on any atom is 0.217 e. The molecule has 0 aromatic rings. The lowest BCUT2D eigenvalue weighted by Crippen LogP contribution is -2.59. The van der Waals surface area contributed by atoms with Crippen LogP contribution in [0.15, 0.2) is 11.1 Å². The van der Waals surface area contributed by atoms with Gasteiger partial charge in [-0.3, -0.25) is 4.79 Å². The Morgan fingerprint density at radius 2 is 2.05 bits per heavy atom. The third-order valence-corrected chi connectivity index (χ3v) is 3.91. The Morgan fingerprint density at radius 1 is 1.45 bits per heavy atom. The highest BCUT2D eigenvalue weighted by molar-refractivity contribution is 5.86. The predicted octanol–water partition coefficient (Wildman–Crippen LogP) is 0.284. The molecule has 3 N–H and O–H groups in total. The molecule has 0 aromatic carbocycles. The fourth-order valence-corrected chi connectivity index (χ4v) is 2.67. The van der Waals surface area contributed by atoms with Crippen LogP contribution in [0.2, 0.25) is 0 Å². The molecule has 4 atom stereocenters. The fraction of sp³-hybridized carbons (Fsp3) is 0.733. The van der Waals surface area contributed by atoms with Gasteiger partial charge in [0.1, 0.15) is 6.10 Å². The normalized spacial score (nSPS) is 26.1. The molecule has 0 saturated heterocycles. The summed E-state index contributed by atoms with van der Waals surface area (Å²) in [5, 5.41) is 14.1. The molecule has 0 saturated carbocycles. The first kappa shape index (κ1) is 20.9. The third kappa shape index (κ3) is 4.97. The average Bonchev–Trinajstić information content (AvgIpc) is 2.41. The van der Waals surface area contributed by atoms with Crippen LogP contribution in [0.3, 0.4) is 0 Å². The van der Waals surface area contributed by atoms with Gasteiger partial charge in [0.15, 0.2) is 0 Å². The number of carboxylic acids is 1. The van der Waals surface area contributed by atoms with Gasteiger partial charge >= 0.3 is 0 Å². The van der Waals surface area contributed by atoms with Gasteiger partial charge in [0.2, 0.25) is 5.91 Å². The van der Waals surface area contributed by atoms with E-state index >= 15 is 0 Å². The third-order valence-electron chi connectivity index (χ3n) is 3.91. The smallest absolute Gasteiger partial charge is 0.217 e. The van der Waals surface area contributed by atoms with E-state index in [1.165, 1.54) is 6.92 Å². The highest BCUT2D eigenvalue weighted by Gasteiger charge is 2.38. The molecule has 7 heteroatoms. The first-order chi connectivity index (χ1) is 9.81. The van der Waals surface area contributed by atoms with Crippen LogP contribution in [0.25, 0.3) is 0 Å². The number of aliphatic carboxylic acids is 1. The summed E-state index contributed by atoms with van der Waals surface area (Å²) in [7, 11) is 0. The van der Waals surface area contributed by atoms with Crippen LogP contribution in [0, 0.1) is 0 Å². The number of carbonyl (C=O) groups excluding carboxylic acids is 2. The van der Waals surface area contributed by atoms with Crippen molar-refractivity contribution in [2.75, 3.05) is 0 Å². The van der Waals surface area contributed by atoms with Gasteiger partial charge in [-0.05, 0) is 37.3 Å². The van der Waals surface area contributed by atoms with Gasteiger partial charge < -0.3 is 25.7 Å². The van der Waals surface area contributed by atoms with E-state index < -0.39 is 24.2 Å². The molecule has 22 heavy (non-hydrogen) atoms. The van der Waals surface area contributed by atoms with Crippen LogP contribution in [0.4, 0.5) is 0 Å². The Labute approximate surface area is 137 Å². The van der Waals surface area contributed by atoms with E-state index in [-0.39, 0.29) is 36.4 Å². The first-order valence-electron chi connectivity index (χ1n) is 7.43. The zero-order valence-corrected chi connectivity index (χ0v) is 14.4. The second kappa shape index (κ2) is 9.12. The van der Waals surface area contributed by atoms with Gasteiger partial charge in [0.25, 0.3) is 0 Å². The van der Waals surface area contributed by atoms with Gasteiger partial charge in [0, 0.05) is 13.0 Å². The van der Waals surface area contributed by atoms with Crippen molar-refractivity contribution in [2.45, 2.75) is 71.2 Å². The zero-order chi connectivity index (χ0) is 16.2. The molecule has 1 amide bonds. The Kier molecular flexibility index (Phi) is 8.66. The lowest BCUT2D eigenvalue weighted by molar-refractivity contribution is -0.299. The lowest BCUT2D eigenvalue weighted by Gasteiger charge is -2.40. The summed E-state index contributed by atoms with van der Waals surface area (Å²) in [6.07, 6.45) is 0.909. The number of hydrogen-bond donors (Lipinski definition) is 2. The van der Waals surface area contributed by atoms with Crippen molar-refractivity contribution < 1.29 is 19.4 Å². The van der Waals surface area contributed by atoms with E-state index in [1.54, 1.807) is 0 Å². The van der Waals surface area contributed by atoms with Gasteiger partial charge in [-0.1, -0.05) is 13.8 Å².